The Labute approximate surface area is 180 Å². The van der Waals surface area contributed by atoms with Crippen molar-refractivity contribution in [1.82, 2.24) is 14.9 Å². The number of anilines is 1. The van der Waals surface area contributed by atoms with E-state index in [2.05, 4.69) is 9.97 Å². The number of amides is 1. The van der Waals surface area contributed by atoms with Crippen molar-refractivity contribution < 1.29 is 18.0 Å². The molecule has 0 bridgehead atoms. The number of fused-ring (bicyclic) bond motifs is 1. The minimum absolute atomic E-state index is 0.00131. The molecule has 1 aliphatic heterocycles. The summed E-state index contributed by atoms with van der Waals surface area (Å²) in [6.07, 6.45) is -3.62. The van der Waals surface area contributed by atoms with Crippen molar-refractivity contribution in [2.45, 2.75) is 19.0 Å². The van der Waals surface area contributed by atoms with Crippen molar-refractivity contribution in [3.8, 4) is 0 Å². The first-order valence-electron chi connectivity index (χ1n) is 9.36. The van der Waals surface area contributed by atoms with Crippen LogP contribution in [0.3, 0.4) is 0 Å². The monoisotopic (exact) mass is 454 g/mol. The van der Waals surface area contributed by atoms with Crippen LogP contribution in [0, 0.1) is 0 Å². The van der Waals surface area contributed by atoms with E-state index in [1.54, 1.807) is 11.0 Å². The summed E-state index contributed by atoms with van der Waals surface area (Å²) in [5.41, 5.74) is 0.791. The van der Waals surface area contributed by atoms with Crippen LogP contribution in [0.25, 0.3) is 10.2 Å². The zero-order valence-electron chi connectivity index (χ0n) is 15.8. The Morgan fingerprint density at radius 2 is 1.87 bits per heavy atom. The molecule has 3 heterocycles. The lowest BCUT2D eigenvalue weighted by atomic mass is 10.1. The van der Waals surface area contributed by atoms with Crippen LogP contribution >= 0.6 is 22.9 Å². The summed E-state index contributed by atoms with van der Waals surface area (Å²) in [5, 5.41) is 1.19. The third-order valence-corrected chi connectivity index (χ3v) is 6.38. The molecule has 1 fully saturated rings. The number of carbonyl (C=O) groups excluding carboxylic acids is 1. The van der Waals surface area contributed by atoms with Gasteiger partial charge in [-0.3, -0.25) is 4.79 Å². The normalized spacial score (nSPS) is 15.1. The van der Waals surface area contributed by atoms with Gasteiger partial charge in [0.25, 0.3) is 0 Å². The molecular weight excluding hydrogens is 437 g/mol. The molecule has 0 aliphatic carbocycles. The van der Waals surface area contributed by atoms with E-state index in [9.17, 15) is 18.0 Å². The smallest absolute Gasteiger partial charge is 0.352 e. The molecule has 2 aromatic heterocycles. The average Bonchev–Trinajstić information content (AvgIpc) is 3.10. The Balaban J connectivity index is 1.44. The van der Waals surface area contributed by atoms with Gasteiger partial charge < -0.3 is 9.80 Å². The second-order valence-electron chi connectivity index (χ2n) is 7.06. The molecule has 5 nitrogen and oxygen atoms in total. The molecular formula is C20H18ClF3N4OS. The van der Waals surface area contributed by atoms with Crippen LogP contribution in [0.2, 0.25) is 5.02 Å². The number of carbonyl (C=O) groups is 1. The van der Waals surface area contributed by atoms with Gasteiger partial charge in [-0.15, -0.1) is 11.3 Å². The molecule has 0 atom stereocenters. The first-order chi connectivity index (χ1) is 14.3. The van der Waals surface area contributed by atoms with Crippen LogP contribution in [-0.4, -0.2) is 53.1 Å². The quantitative estimate of drug-likeness (QED) is 0.588. The van der Waals surface area contributed by atoms with E-state index in [0.29, 0.717) is 47.2 Å². The van der Waals surface area contributed by atoms with Gasteiger partial charge in [0.2, 0.25) is 5.91 Å². The minimum atomic E-state index is -4.26. The molecule has 0 N–H and O–H groups in total. The summed E-state index contributed by atoms with van der Waals surface area (Å²) in [5.74, 6) is 0.612. The van der Waals surface area contributed by atoms with E-state index in [1.165, 1.54) is 12.4 Å². The van der Waals surface area contributed by atoms with E-state index in [-0.39, 0.29) is 17.2 Å². The number of piperazine rings is 1. The van der Waals surface area contributed by atoms with Gasteiger partial charge in [-0.1, -0.05) is 29.8 Å². The number of rotatable bonds is 4. The van der Waals surface area contributed by atoms with Crippen molar-refractivity contribution in [2.75, 3.05) is 31.1 Å². The number of halogens is 4. The number of benzene rings is 1. The van der Waals surface area contributed by atoms with Gasteiger partial charge in [0.15, 0.2) is 0 Å². The number of hydrogen-bond acceptors (Lipinski definition) is 5. The largest absolute Gasteiger partial charge is 0.393 e. The number of hydrogen-bond donors (Lipinski definition) is 0. The third-order valence-electron chi connectivity index (χ3n) is 4.97. The molecule has 1 aromatic carbocycles. The van der Waals surface area contributed by atoms with Crippen molar-refractivity contribution >= 4 is 44.9 Å². The molecule has 0 radical (unpaired) electrons. The van der Waals surface area contributed by atoms with Gasteiger partial charge in [-0.2, -0.15) is 13.2 Å². The molecule has 0 spiro atoms. The number of alkyl halides is 3. The van der Waals surface area contributed by atoms with Gasteiger partial charge in [0.1, 0.15) is 17.0 Å². The maximum atomic E-state index is 12.7. The predicted molar refractivity (Wildman–Crippen MR) is 111 cm³/mol. The maximum Gasteiger partial charge on any atom is 0.393 e. The summed E-state index contributed by atoms with van der Waals surface area (Å²) < 4.78 is 38.2. The van der Waals surface area contributed by atoms with Gasteiger partial charge in [0, 0.05) is 36.1 Å². The van der Waals surface area contributed by atoms with E-state index in [1.807, 2.05) is 23.1 Å². The Morgan fingerprint density at radius 3 is 2.57 bits per heavy atom. The fourth-order valence-corrected chi connectivity index (χ4v) is 4.74. The Kier molecular flexibility index (Phi) is 5.84. The summed E-state index contributed by atoms with van der Waals surface area (Å²) in [6.45, 7) is 2.11. The fourth-order valence-electron chi connectivity index (χ4n) is 3.51. The molecule has 1 aliphatic rings. The van der Waals surface area contributed by atoms with E-state index in [0.717, 1.165) is 16.9 Å². The fraction of sp³-hybridized carbons (Fsp3) is 0.350. The lowest BCUT2D eigenvalue weighted by molar-refractivity contribution is -0.130. The van der Waals surface area contributed by atoms with Gasteiger partial charge in [-0.25, -0.2) is 9.97 Å². The Morgan fingerprint density at radius 1 is 1.13 bits per heavy atom. The second-order valence-corrected chi connectivity index (χ2v) is 8.58. The summed E-state index contributed by atoms with van der Waals surface area (Å²) in [4.78, 5) is 25.6. The van der Waals surface area contributed by atoms with E-state index in [4.69, 9.17) is 11.6 Å². The predicted octanol–water partition coefficient (Wildman–Crippen LogP) is 4.34. The van der Waals surface area contributed by atoms with Crippen LogP contribution in [-0.2, 0) is 17.6 Å². The van der Waals surface area contributed by atoms with Crippen LogP contribution in [0.1, 0.15) is 10.4 Å². The highest BCUT2D eigenvalue weighted by Crippen LogP contribution is 2.34. The van der Waals surface area contributed by atoms with Crippen molar-refractivity contribution in [3.05, 3.63) is 52.1 Å². The zero-order chi connectivity index (χ0) is 21.3. The van der Waals surface area contributed by atoms with Crippen molar-refractivity contribution in [1.29, 1.82) is 0 Å². The summed E-state index contributed by atoms with van der Waals surface area (Å²) in [6, 6.07) is 8.79. The van der Waals surface area contributed by atoms with Crippen LogP contribution in [0.4, 0.5) is 19.0 Å². The lowest BCUT2D eigenvalue weighted by Crippen LogP contribution is -2.49. The van der Waals surface area contributed by atoms with E-state index < -0.39 is 12.6 Å². The summed E-state index contributed by atoms with van der Waals surface area (Å²) >= 11 is 7.18. The first kappa shape index (κ1) is 20.9. The molecule has 0 saturated carbocycles. The van der Waals surface area contributed by atoms with Crippen LogP contribution < -0.4 is 4.90 Å². The molecule has 158 valence electrons. The van der Waals surface area contributed by atoms with Crippen LogP contribution in [0.5, 0.6) is 0 Å². The average molecular weight is 455 g/mol. The molecule has 3 aromatic rings. The van der Waals surface area contributed by atoms with E-state index >= 15 is 0 Å². The highest BCUT2D eigenvalue weighted by atomic mass is 35.5. The number of thiophene rings is 1. The first-order valence-corrected chi connectivity index (χ1v) is 10.6. The molecule has 1 saturated heterocycles. The van der Waals surface area contributed by atoms with Gasteiger partial charge >= 0.3 is 6.18 Å². The second kappa shape index (κ2) is 8.39. The highest BCUT2D eigenvalue weighted by molar-refractivity contribution is 7.18. The minimum Gasteiger partial charge on any atom is -0.352 e. The molecule has 10 heteroatoms. The third kappa shape index (κ3) is 4.67. The van der Waals surface area contributed by atoms with Crippen molar-refractivity contribution in [2.24, 2.45) is 0 Å². The van der Waals surface area contributed by atoms with Gasteiger partial charge in [-0.05, 0) is 17.7 Å². The topological polar surface area (TPSA) is 49.3 Å². The lowest BCUT2D eigenvalue weighted by Gasteiger charge is -2.35. The Bertz CT molecular complexity index is 1060. The molecule has 0 unspecified atom stereocenters. The molecule has 4 rings (SSSR count). The highest BCUT2D eigenvalue weighted by Gasteiger charge is 2.30. The SMILES string of the molecule is O=C(Cc1ccccc1Cl)N1CCN(c2ncnc3sc(CC(F)(F)F)cc23)CC1. The standard InChI is InChI=1S/C20H18ClF3N4OS/c21-16-4-2-1-3-13(16)9-17(29)27-5-7-28(8-6-27)18-15-10-14(11-20(22,23)24)30-19(15)26-12-25-18/h1-4,10,12H,5-9,11H2. The number of nitrogens with zero attached hydrogens (tertiary/aromatic N) is 4. The Hall–Kier alpha value is -2.39. The zero-order valence-corrected chi connectivity index (χ0v) is 17.4. The van der Waals surface area contributed by atoms with Gasteiger partial charge in [0.05, 0.1) is 18.2 Å². The van der Waals surface area contributed by atoms with Crippen molar-refractivity contribution in [3.63, 3.8) is 0 Å². The van der Waals surface area contributed by atoms with Crippen LogP contribution in [0.15, 0.2) is 36.7 Å². The maximum absolute atomic E-state index is 12.7. The number of aromatic nitrogens is 2. The summed E-state index contributed by atoms with van der Waals surface area (Å²) in [7, 11) is 0. The molecule has 30 heavy (non-hydrogen) atoms. The molecule has 1 amide bonds.